The lowest BCUT2D eigenvalue weighted by atomic mass is 9.70. The summed E-state index contributed by atoms with van der Waals surface area (Å²) in [5.74, 6) is 0. The highest BCUT2D eigenvalue weighted by Gasteiger charge is 2.43. The van der Waals surface area contributed by atoms with Gasteiger partial charge in [0.25, 0.3) is 0 Å². The van der Waals surface area contributed by atoms with Crippen LogP contribution in [0, 0.1) is 5.41 Å². The molecule has 0 unspecified atom stereocenters. The number of hydrogen-bond donors (Lipinski definition) is 3. The van der Waals surface area contributed by atoms with Crippen LogP contribution in [-0.4, -0.2) is 33.4 Å². The molecule has 1 amide bonds. The molecule has 0 aliphatic rings. The van der Waals surface area contributed by atoms with Gasteiger partial charge in [0.15, 0.2) is 0 Å². The fourth-order valence-electron chi connectivity index (χ4n) is 1.89. The van der Waals surface area contributed by atoms with E-state index in [2.05, 4.69) is 10.3 Å². The zero-order valence-corrected chi connectivity index (χ0v) is 11.0. The Morgan fingerprint density at radius 2 is 2.11 bits per heavy atom. The summed E-state index contributed by atoms with van der Waals surface area (Å²) < 4.78 is 0. The van der Waals surface area contributed by atoms with Crippen molar-refractivity contribution in [1.82, 2.24) is 10.3 Å². The lowest BCUT2D eigenvalue weighted by Gasteiger charge is -2.43. The van der Waals surface area contributed by atoms with Gasteiger partial charge in [0.2, 0.25) is 0 Å². The summed E-state index contributed by atoms with van der Waals surface area (Å²) in [6, 6.07) is 3.66. The van der Waals surface area contributed by atoms with Crippen molar-refractivity contribution in [2.24, 2.45) is 5.41 Å². The average Bonchev–Trinajstić information content (AvgIpc) is 2.27. The van der Waals surface area contributed by atoms with Gasteiger partial charge in [0.1, 0.15) is 0 Å². The summed E-state index contributed by atoms with van der Waals surface area (Å²) in [6.45, 7) is 5.43. The zero-order valence-electron chi connectivity index (χ0n) is 11.0. The first kappa shape index (κ1) is 14.4. The Morgan fingerprint density at radius 1 is 1.44 bits per heavy atom. The van der Waals surface area contributed by atoms with Gasteiger partial charge in [-0.25, -0.2) is 4.79 Å². The van der Waals surface area contributed by atoms with Gasteiger partial charge < -0.3 is 15.5 Å². The second-order valence-corrected chi connectivity index (χ2v) is 5.46. The molecule has 0 bridgehead atoms. The maximum atomic E-state index is 11.0. The van der Waals surface area contributed by atoms with Crippen LogP contribution < -0.4 is 5.32 Å². The van der Waals surface area contributed by atoms with Crippen molar-refractivity contribution in [1.29, 1.82) is 0 Å². The van der Waals surface area contributed by atoms with Crippen LogP contribution in [0.2, 0.25) is 0 Å². The van der Waals surface area contributed by atoms with Crippen molar-refractivity contribution in [3.63, 3.8) is 0 Å². The van der Waals surface area contributed by atoms with Crippen LogP contribution >= 0.6 is 0 Å². The van der Waals surface area contributed by atoms with Crippen LogP contribution in [0.15, 0.2) is 24.5 Å². The van der Waals surface area contributed by atoms with E-state index in [-0.39, 0.29) is 6.61 Å². The zero-order chi connectivity index (χ0) is 13.8. The van der Waals surface area contributed by atoms with E-state index in [1.54, 1.807) is 18.5 Å². The van der Waals surface area contributed by atoms with Gasteiger partial charge in [-0.05, 0) is 23.5 Å². The first-order chi connectivity index (χ1) is 8.31. The molecule has 1 aromatic rings. The van der Waals surface area contributed by atoms with Gasteiger partial charge in [0, 0.05) is 12.4 Å². The number of nitrogens with zero attached hydrogens (tertiary/aromatic N) is 1. The molecule has 5 nitrogen and oxygen atoms in total. The second kappa shape index (κ2) is 5.35. The van der Waals surface area contributed by atoms with Crippen molar-refractivity contribution < 1.29 is 15.0 Å². The van der Waals surface area contributed by atoms with Gasteiger partial charge >= 0.3 is 6.09 Å². The molecule has 0 saturated heterocycles. The molecule has 0 spiro atoms. The van der Waals surface area contributed by atoms with Gasteiger partial charge in [-0.2, -0.15) is 0 Å². The molecule has 5 heteroatoms. The largest absolute Gasteiger partial charge is 0.465 e. The molecule has 0 radical (unpaired) electrons. The number of rotatable bonds is 4. The number of hydrogen-bond acceptors (Lipinski definition) is 3. The molecule has 0 aromatic carbocycles. The molecule has 1 heterocycles. The van der Waals surface area contributed by atoms with Crippen LogP contribution in [0.4, 0.5) is 4.79 Å². The quantitative estimate of drug-likeness (QED) is 0.761. The maximum Gasteiger partial charge on any atom is 0.405 e. The lowest BCUT2D eigenvalue weighted by Crippen LogP contribution is -2.60. The highest BCUT2D eigenvalue weighted by atomic mass is 16.4. The van der Waals surface area contributed by atoms with Crippen LogP contribution in [0.3, 0.4) is 0 Å². The Bertz CT molecular complexity index is 400. The highest BCUT2D eigenvalue weighted by molar-refractivity contribution is 5.66. The standard InChI is InChI=1S/C13H20N2O3/c1-12(2,3)13(9-16,15-11(17)18)7-10-5-4-6-14-8-10/h4-6,8,15-16H,7,9H2,1-3H3,(H,17,18)/t13-/m1/s1. The van der Waals surface area contributed by atoms with Crippen LogP contribution in [0.1, 0.15) is 26.3 Å². The van der Waals surface area contributed by atoms with Crippen molar-refractivity contribution in [2.75, 3.05) is 6.61 Å². The van der Waals surface area contributed by atoms with E-state index in [9.17, 15) is 9.90 Å². The summed E-state index contributed by atoms with van der Waals surface area (Å²) >= 11 is 0. The Hall–Kier alpha value is -1.62. The molecule has 0 saturated carbocycles. The van der Waals surface area contributed by atoms with Crippen molar-refractivity contribution in [3.05, 3.63) is 30.1 Å². The lowest BCUT2D eigenvalue weighted by molar-refractivity contribution is 0.0586. The van der Waals surface area contributed by atoms with Crippen LogP contribution in [0.5, 0.6) is 0 Å². The summed E-state index contributed by atoms with van der Waals surface area (Å²) in [5, 5.41) is 21.1. The molecule has 1 atom stereocenters. The Balaban J connectivity index is 3.07. The molecule has 1 rings (SSSR count). The Labute approximate surface area is 107 Å². The first-order valence-corrected chi connectivity index (χ1v) is 5.82. The van der Waals surface area contributed by atoms with E-state index in [1.807, 2.05) is 26.8 Å². The monoisotopic (exact) mass is 252 g/mol. The number of amides is 1. The molecular formula is C13H20N2O3. The number of aromatic nitrogens is 1. The van der Waals surface area contributed by atoms with E-state index in [0.29, 0.717) is 6.42 Å². The SMILES string of the molecule is CC(C)(C)[C@](CO)(Cc1cccnc1)NC(=O)O. The van der Waals surface area contributed by atoms with Gasteiger partial charge in [-0.3, -0.25) is 4.98 Å². The first-order valence-electron chi connectivity index (χ1n) is 5.82. The fraction of sp³-hybridized carbons (Fsp3) is 0.538. The average molecular weight is 252 g/mol. The third-order valence-electron chi connectivity index (χ3n) is 3.28. The summed E-state index contributed by atoms with van der Waals surface area (Å²) in [5.41, 5.74) is -0.465. The van der Waals surface area contributed by atoms with Crippen LogP contribution in [0.25, 0.3) is 0 Å². The van der Waals surface area contributed by atoms with Gasteiger partial charge in [-0.15, -0.1) is 0 Å². The topological polar surface area (TPSA) is 82.5 Å². The number of pyridine rings is 1. The van der Waals surface area contributed by atoms with Gasteiger partial charge in [-0.1, -0.05) is 26.8 Å². The van der Waals surface area contributed by atoms with E-state index in [4.69, 9.17) is 5.11 Å². The molecule has 18 heavy (non-hydrogen) atoms. The highest BCUT2D eigenvalue weighted by Crippen LogP contribution is 2.33. The Morgan fingerprint density at radius 3 is 2.50 bits per heavy atom. The smallest absolute Gasteiger partial charge is 0.405 e. The molecule has 100 valence electrons. The minimum atomic E-state index is -1.14. The summed E-state index contributed by atoms with van der Waals surface area (Å²) in [6.07, 6.45) is 2.60. The number of aliphatic hydroxyl groups excluding tert-OH is 1. The minimum Gasteiger partial charge on any atom is -0.465 e. The predicted molar refractivity (Wildman–Crippen MR) is 68.4 cm³/mol. The fourth-order valence-corrected chi connectivity index (χ4v) is 1.89. The van der Waals surface area contributed by atoms with Gasteiger partial charge in [0.05, 0.1) is 12.1 Å². The molecule has 0 aliphatic carbocycles. The number of nitrogens with one attached hydrogen (secondary N) is 1. The van der Waals surface area contributed by atoms with E-state index < -0.39 is 17.0 Å². The van der Waals surface area contributed by atoms with Crippen molar-refractivity contribution in [3.8, 4) is 0 Å². The molecule has 0 aliphatic heterocycles. The summed E-state index contributed by atoms with van der Waals surface area (Å²) in [7, 11) is 0. The minimum absolute atomic E-state index is 0.266. The van der Waals surface area contributed by atoms with E-state index in [1.165, 1.54) is 0 Å². The molecular weight excluding hydrogens is 232 g/mol. The normalized spacial score (nSPS) is 14.9. The number of carbonyl (C=O) groups is 1. The number of carboxylic acid groups (broad SMARTS) is 1. The third kappa shape index (κ3) is 3.20. The van der Waals surface area contributed by atoms with Crippen molar-refractivity contribution in [2.45, 2.75) is 32.7 Å². The molecule has 1 aromatic heterocycles. The van der Waals surface area contributed by atoms with E-state index in [0.717, 1.165) is 5.56 Å². The van der Waals surface area contributed by atoms with Crippen LogP contribution in [-0.2, 0) is 6.42 Å². The number of aliphatic hydroxyl groups is 1. The Kier molecular flexibility index (Phi) is 4.29. The molecule has 0 fully saturated rings. The second-order valence-electron chi connectivity index (χ2n) is 5.46. The third-order valence-corrected chi connectivity index (χ3v) is 3.28. The van der Waals surface area contributed by atoms with E-state index >= 15 is 0 Å². The predicted octanol–water partition coefficient (Wildman–Crippen LogP) is 1.67. The molecule has 3 N–H and O–H groups in total. The summed E-state index contributed by atoms with van der Waals surface area (Å²) in [4.78, 5) is 15.0. The van der Waals surface area contributed by atoms with Crippen molar-refractivity contribution >= 4 is 6.09 Å². The maximum absolute atomic E-state index is 11.0.